The first-order valence-corrected chi connectivity index (χ1v) is 5.50. The van der Waals surface area contributed by atoms with E-state index in [1.54, 1.807) is 0 Å². The maximum Gasteiger partial charge on any atom is 0.0457 e. The van der Waals surface area contributed by atoms with Crippen LogP contribution in [0.15, 0.2) is 30.5 Å². The van der Waals surface area contributed by atoms with Gasteiger partial charge in [0.2, 0.25) is 0 Å². The first-order chi connectivity index (χ1) is 7.18. The molecule has 0 bridgehead atoms. The SMILES string of the molecule is CC(C)C[C@H](N)c1c[nH]c2ccccc12. The van der Waals surface area contributed by atoms with Gasteiger partial charge in [0.15, 0.2) is 0 Å². The van der Waals surface area contributed by atoms with Gasteiger partial charge in [0.1, 0.15) is 0 Å². The Bertz CT molecular complexity index is 442. The van der Waals surface area contributed by atoms with Gasteiger partial charge in [-0.05, 0) is 24.0 Å². The number of fused-ring (bicyclic) bond motifs is 1. The van der Waals surface area contributed by atoms with Gasteiger partial charge in [0, 0.05) is 23.1 Å². The molecular weight excluding hydrogens is 184 g/mol. The zero-order chi connectivity index (χ0) is 10.8. The molecule has 2 aromatic rings. The molecule has 2 nitrogen and oxygen atoms in total. The number of rotatable bonds is 3. The number of hydrogen-bond acceptors (Lipinski definition) is 1. The van der Waals surface area contributed by atoms with Gasteiger partial charge in [-0.3, -0.25) is 0 Å². The Morgan fingerprint density at radius 2 is 2.00 bits per heavy atom. The van der Waals surface area contributed by atoms with Crippen molar-refractivity contribution in [3.05, 3.63) is 36.0 Å². The normalized spacial score (nSPS) is 13.6. The minimum Gasteiger partial charge on any atom is -0.361 e. The van der Waals surface area contributed by atoms with Crippen molar-refractivity contribution in [3.63, 3.8) is 0 Å². The van der Waals surface area contributed by atoms with Gasteiger partial charge < -0.3 is 10.7 Å². The second-order valence-corrected chi connectivity index (χ2v) is 4.53. The molecule has 1 heterocycles. The van der Waals surface area contributed by atoms with Crippen LogP contribution in [0.4, 0.5) is 0 Å². The molecule has 1 aromatic heterocycles. The molecule has 15 heavy (non-hydrogen) atoms. The van der Waals surface area contributed by atoms with Gasteiger partial charge in [0.05, 0.1) is 0 Å². The highest BCUT2D eigenvalue weighted by Crippen LogP contribution is 2.26. The molecule has 2 rings (SSSR count). The third kappa shape index (κ3) is 2.05. The summed E-state index contributed by atoms with van der Waals surface area (Å²) in [4.78, 5) is 3.26. The predicted octanol–water partition coefficient (Wildman–Crippen LogP) is 3.21. The Kier molecular flexibility index (Phi) is 2.78. The van der Waals surface area contributed by atoms with Crippen LogP contribution in [0.1, 0.15) is 31.9 Å². The minimum atomic E-state index is 0.140. The van der Waals surface area contributed by atoms with Crippen LogP contribution in [0.25, 0.3) is 10.9 Å². The lowest BCUT2D eigenvalue weighted by Gasteiger charge is -2.13. The van der Waals surface area contributed by atoms with Crippen molar-refractivity contribution in [2.75, 3.05) is 0 Å². The van der Waals surface area contributed by atoms with Gasteiger partial charge in [0.25, 0.3) is 0 Å². The number of H-pyrrole nitrogens is 1. The van der Waals surface area contributed by atoms with Crippen LogP contribution in [0.2, 0.25) is 0 Å². The summed E-state index contributed by atoms with van der Waals surface area (Å²) in [5.41, 5.74) is 8.59. The van der Waals surface area contributed by atoms with E-state index in [0.717, 1.165) is 6.42 Å². The van der Waals surface area contributed by atoms with E-state index in [2.05, 4.69) is 37.0 Å². The molecular formula is C13H18N2. The van der Waals surface area contributed by atoms with Crippen LogP contribution in [0.5, 0.6) is 0 Å². The van der Waals surface area contributed by atoms with Crippen LogP contribution >= 0.6 is 0 Å². The predicted molar refractivity (Wildman–Crippen MR) is 64.7 cm³/mol. The Hall–Kier alpha value is -1.28. The minimum absolute atomic E-state index is 0.140. The summed E-state index contributed by atoms with van der Waals surface area (Å²) in [6, 6.07) is 8.45. The maximum atomic E-state index is 6.19. The summed E-state index contributed by atoms with van der Waals surface area (Å²) in [5, 5.41) is 1.26. The molecule has 0 radical (unpaired) electrons. The third-order valence-corrected chi connectivity index (χ3v) is 2.75. The third-order valence-electron chi connectivity index (χ3n) is 2.75. The zero-order valence-corrected chi connectivity index (χ0v) is 9.33. The molecule has 0 spiro atoms. The number of nitrogens with two attached hydrogens (primary N) is 1. The van der Waals surface area contributed by atoms with Crippen LogP contribution in [-0.4, -0.2) is 4.98 Å². The Morgan fingerprint density at radius 3 is 2.73 bits per heavy atom. The summed E-state index contributed by atoms with van der Waals surface area (Å²) >= 11 is 0. The van der Waals surface area contributed by atoms with Gasteiger partial charge in [-0.2, -0.15) is 0 Å². The number of benzene rings is 1. The molecule has 0 amide bonds. The lowest BCUT2D eigenvalue weighted by molar-refractivity contribution is 0.512. The highest BCUT2D eigenvalue weighted by atomic mass is 14.7. The molecule has 0 saturated heterocycles. The smallest absolute Gasteiger partial charge is 0.0457 e. The van der Waals surface area contributed by atoms with E-state index in [-0.39, 0.29) is 6.04 Å². The van der Waals surface area contributed by atoms with E-state index < -0.39 is 0 Å². The summed E-state index contributed by atoms with van der Waals surface area (Å²) in [6.45, 7) is 4.41. The summed E-state index contributed by atoms with van der Waals surface area (Å²) in [7, 11) is 0. The molecule has 3 N–H and O–H groups in total. The fourth-order valence-corrected chi connectivity index (χ4v) is 2.04. The maximum absolute atomic E-state index is 6.19. The second kappa shape index (κ2) is 4.07. The van der Waals surface area contributed by atoms with Crippen LogP contribution in [-0.2, 0) is 0 Å². The molecule has 0 unspecified atom stereocenters. The van der Waals surface area contributed by atoms with Crippen LogP contribution in [0, 0.1) is 5.92 Å². The lowest BCUT2D eigenvalue weighted by Crippen LogP contribution is -2.12. The van der Waals surface area contributed by atoms with Crippen molar-refractivity contribution in [3.8, 4) is 0 Å². The second-order valence-electron chi connectivity index (χ2n) is 4.53. The summed E-state index contributed by atoms with van der Waals surface area (Å²) in [5.74, 6) is 0.633. The van der Waals surface area contributed by atoms with Crippen molar-refractivity contribution in [2.24, 2.45) is 11.7 Å². The molecule has 2 heteroatoms. The first kappa shape index (κ1) is 10.2. The molecule has 1 atom stereocenters. The largest absolute Gasteiger partial charge is 0.361 e. The molecule has 1 aromatic carbocycles. The van der Waals surface area contributed by atoms with E-state index in [4.69, 9.17) is 5.73 Å². The average molecular weight is 202 g/mol. The summed E-state index contributed by atoms with van der Waals surface area (Å²) in [6.07, 6.45) is 3.07. The Labute approximate surface area is 90.5 Å². The van der Waals surface area contributed by atoms with Crippen molar-refractivity contribution in [2.45, 2.75) is 26.3 Å². The van der Waals surface area contributed by atoms with E-state index in [0.29, 0.717) is 5.92 Å². The quantitative estimate of drug-likeness (QED) is 0.788. The number of aromatic amines is 1. The van der Waals surface area contributed by atoms with E-state index >= 15 is 0 Å². The highest BCUT2D eigenvalue weighted by Gasteiger charge is 2.12. The van der Waals surface area contributed by atoms with Crippen LogP contribution in [0.3, 0.4) is 0 Å². The molecule has 0 aliphatic carbocycles. The number of para-hydroxylation sites is 1. The first-order valence-electron chi connectivity index (χ1n) is 5.50. The van der Waals surface area contributed by atoms with Gasteiger partial charge >= 0.3 is 0 Å². The average Bonchev–Trinajstić information content (AvgIpc) is 2.59. The van der Waals surface area contributed by atoms with Gasteiger partial charge in [-0.1, -0.05) is 32.0 Å². The van der Waals surface area contributed by atoms with Gasteiger partial charge in [-0.15, -0.1) is 0 Å². The molecule has 0 saturated carbocycles. The Balaban J connectivity index is 2.35. The topological polar surface area (TPSA) is 41.8 Å². The Morgan fingerprint density at radius 1 is 1.27 bits per heavy atom. The fourth-order valence-electron chi connectivity index (χ4n) is 2.04. The van der Waals surface area contributed by atoms with Gasteiger partial charge in [-0.25, -0.2) is 0 Å². The number of hydrogen-bond donors (Lipinski definition) is 2. The highest BCUT2D eigenvalue weighted by molar-refractivity contribution is 5.83. The van der Waals surface area contributed by atoms with Crippen molar-refractivity contribution in [1.82, 2.24) is 4.98 Å². The fraction of sp³-hybridized carbons (Fsp3) is 0.385. The number of aromatic nitrogens is 1. The van der Waals surface area contributed by atoms with Crippen molar-refractivity contribution >= 4 is 10.9 Å². The lowest BCUT2D eigenvalue weighted by atomic mass is 9.97. The van der Waals surface area contributed by atoms with Crippen LogP contribution < -0.4 is 5.73 Å². The monoisotopic (exact) mass is 202 g/mol. The standard InChI is InChI=1S/C13H18N2/c1-9(2)7-12(14)11-8-15-13-6-4-3-5-10(11)13/h3-6,8-9,12,15H,7,14H2,1-2H3/t12-/m0/s1. The molecule has 80 valence electrons. The van der Waals surface area contributed by atoms with E-state index in [1.807, 2.05) is 12.3 Å². The van der Waals surface area contributed by atoms with Crippen molar-refractivity contribution in [1.29, 1.82) is 0 Å². The summed E-state index contributed by atoms with van der Waals surface area (Å²) < 4.78 is 0. The van der Waals surface area contributed by atoms with Crippen molar-refractivity contribution < 1.29 is 0 Å². The molecule has 0 fully saturated rings. The molecule has 0 aliphatic rings. The molecule has 0 aliphatic heterocycles. The number of nitrogens with one attached hydrogen (secondary N) is 1. The van der Waals surface area contributed by atoms with E-state index in [9.17, 15) is 0 Å². The van der Waals surface area contributed by atoms with E-state index in [1.165, 1.54) is 16.5 Å². The zero-order valence-electron chi connectivity index (χ0n) is 9.33.